The van der Waals surface area contributed by atoms with Gasteiger partial charge in [-0.15, -0.1) is 0 Å². The highest BCUT2D eigenvalue weighted by Crippen LogP contribution is 2.28. The number of pyridine rings is 1. The first-order valence-corrected chi connectivity index (χ1v) is 9.03. The SMILES string of the molecule is CC[C@H](C)NC(=O)[C@@H](C)NC(=O)Nc1ccnc(Oc2ccccc2Cl)c1. The Morgan fingerprint density at radius 2 is 1.93 bits per heavy atom. The molecule has 0 spiro atoms. The number of nitrogens with one attached hydrogen (secondary N) is 3. The highest BCUT2D eigenvalue weighted by Gasteiger charge is 2.17. The van der Waals surface area contributed by atoms with Crippen LogP contribution in [0.1, 0.15) is 27.2 Å². The largest absolute Gasteiger partial charge is 0.437 e. The van der Waals surface area contributed by atoms with Gasteiger partial charge in [0.1, 0.15) is 11.8 Å². The van der Waals surface area contributed by atoms with Crippen molar-refractivity contribution < 1.29 is 14.3 Å². The quantitative estimate of drug-likeness (QED) is 0.667. The Balaban J connectivity index is 1.94. The summed E-state index contributed by atoms with van der Waals surface area (Å²) in [6.07, 6.45) is 2.32. The predicted molar refractivity (Wildman–Crippen MR) is 105 cm³/mol. The van der Waals surface area contributed by atoms with Crippen molar-refractivity contribution >= 4 is 29.2 Å². The van der Waals surface area contributed by atoms with Crippen LogP contribution >= 0.6 is 11.6 Å². The third-order valence-corrected chi connectivity index (χ3v) is 4.10. The van der Waals surface area contributed by atoms with Crippen LogP contribution in [0.15, 0.2) is 42.6 Å². The van der Waals surface area contributed by atoms with E-state index in [9.17, 15) is 9.59 Å². The summed E-state index contributed by atoms with van der Waals surface area (Å²) in [7, 11) is 0. The third-order valence-electron chi connectivity index (χ3n) is 3.79. The molecule has 2 rings (SSSR count). The number of aromatic nitrogens is 1. The van der Waals surface area contributed by atoms with E-state index < -0.39 is 12.1 Å². The van der Waals surface area contributed by atoms with Gasteiger partial charge in [-0.05, 0) is 38.5 Å². The van der Waals surface area contributed by atoms with Gasteiger partial charge in [-0.3, -0.25) is 4.79 Å². The molecule has 8 heteroatoms. The summed E-state index contributed by atoms with van der Waals surface area (Å²) in [6.45, 7) is 5.50. The molecular weight excluding hydrogens is 368 g/mol. The minimum Gasteiger partial charge on any atom is -0.437 e. The topological polar surface area (TPSA) is 92.4 Å². The van der Waals surface area contributed by atoms with Crippen molar-refractivity contribution in [3.8, 4) is 11.6 Å². The lowest BCUT2D eigenvalue weighted by Crippen LogP contribution is -2.48. The molecule has 1 aromatic carbocycles. The van der Waals surface area contributed by atoms with Crippen LogP contribution < -0.4 is 20.7 Å². The highest BCUT2D eigenvalue weighted by molar-refractivity contribution is 6.32. The highest BCUT2D eigenvalue weighted by atomic mass is 35.5. The zero-order valence-electron chi connectivity index (χ0n) is 15.5. The first kappa shape index (κ1) is 20.5. The lowest BCUT2D eigenvalue weighted by atomic mass is 10.2. The minimum absolute atomic E-state index is 0.0505. The first-order valence-electron chi connectivity index (χ1n) is 8.65. The van der Waals surface area contributed by atoms with E-state index in [2.05, 4.69) is 20.9 Å². The Morgan fingerprint density at radius 1 is 1.19 bits per heavy atom. The van der Waals surface area contributed by atoms with E-state index in [0.717, 1.165) is 6.42 Å². The van der Waals surface area contributed by atoms with Crippen molar-refractivity contribution in [3.05, 3.63) is 47.6 Å². The van der Waals surface area contributed by atoms with Crippen molar-refractivity contribution in [2.75, 3.05) is 5.32 Å². The van der Waals surface area contributed by atoms with Crippen molar-refractivity contribution in [1.82, 2.24) is 15.6 Å². The number of para-hydroxylation sites is 1. The van der Waals surface area contributed by atoms with Gasteiger partial charge in [0.2, 0.25) is 11.8 Å². The van der Waals surface area contributed by atoms with Gasteiger partial charge in [0.15, 0.2) is 0 Å². The van der Waals surface area contributed by atoms with E-state index in [1.807, 2.05) is 13.8 Å². The van der Waals surface area contributed by atoms with Crippen LogP contribution in [0.3, 0.4) is 0 Å². The molecule has 0 aliphatic carbocycles. The fourth-order valence-electron chi connectivity index (χ4n) is 2.08. The van der Waals surface area contributed by atoms with Crippen LogP contribution in [0, 0.1) is 0 Å². The fourth-order valence-corrected chi connectivity index (χ4v) is 2.26. The Labute approximate surface area is 163 Å². The number of hydrogen-bond donors (Lipinski definition) is 3. The second-order valence-corrected chi connectivity index (χ2v) is 6.46. The number of hydrogen-bond acceptors (Lipinski definition) is 4. The number of amides is 3. The van der Waals surface area contributed by atoms with E-state index in [1.54, 1.807) is 43.3 Å². The maximum absolute atomic E-state index is 12.1. The molecule has 27 heavy (non-hydrogen) atoms. The molecule has 0 saturated carbocycles. The summed E-state index contributed by atoms with van der Waals surface area (Å²) in [5.41, 5.74) is 0.471. The van der Waals surface area contributed by atoms with Gasteiger partial charge >= 0.3 is 6.03 Å². The van der Waals surface area contributed by atoms with E-state index in [0.29, 0.717) is 16.5 Å². The van der Waals surface area contributed by atoms with Crippen molar-refractivity contribution in [2.45, 2.75) is 39.3 Å². The summed E-state index contributed by atoms with van der Waals surface area (Å²) in [5.74, 6) is 0.504. The minimum atomic E-state index is -0.667. The number of rotatable bonds is 7. The molecule has 0 bridgehead atoms. The molecule has 1 aromatic heterocycles. The molecule has 7 nitrogen and oxygen atoms in total. The summed E-state index contributed by atoms with van der Waals surface area (Å²) in [4.78, 5) is 28.2. The van der Waals surface area contributed by atoms with Crippen LogP contribution in [0.2, 0.25) is 5.02 Å². The smallest absolute Gasteiger partial charge is 0.319 e. The summed E-state index contributed by atoms with van der Waals surface area (Å²) in [5, 5.41) is 8.52. The summed E-state index contributed by atoms with van der Waals surface area (Å²) >= 11 is 6.06. The molecule has 2 aromatic rings. The number of nitrogens with zero attached hydrogens (tertiary/aromatic N) is 1. The second kappa shape index (κ2) is 9.78. The molecular formula is C19H23ClN4O3. The number of anilines is 1. The first-order chi connectivity index (χ1) is 12.9. The Bertz CT molecular complexity index is 800. The van der Waals surface area contributed by atoms with Crippen LogP contribution in [0.4, 0.5) is 10.5 Å². The molecule has 0 fully saturated rings. The van der Waals surface area contributed by atoms with Gasteiger partial charge in [0, 0.05) is 24.0 Å². The molecule has 0 radical (unpaired) electrons. The molecule has 0 unspecified atom stereocenters. The molecule has 0 saturated heterocycles. The fraction of sp³-hybridized carbons (Fsp3) is 0.316. The normalized spacial score (nSPS) is 12.6. The van der Waals surface area contributed by atoms with Gasteiger partial charge in [0.05, 0.1) is 5.02 Å². The lowest BCUT2D eigenvalue weighted by Gasteiger charge is -2.17. The van der Waals surface area contributed by atoms with Crippen LogP contribution in [0.25, 0.3) is 0 Å². The van der Waals surface area contributed by atoms with Crippen molar-refractivity contribution in [2.24, 2.45) is 0 Å². The standard InChI is InChI=1S/C19H23ClN4O3/c1-4-12(2)22-18(25)13(3)23-19(26)24-14-9-10-21-17(11-14)27-16-8-6-5-7-15(16)20/h5-13H,4H2,1-3H3,(H,22,25)(H2,21,23,24,26)/t12-,13+/m0/s1. The Hall–Kier alpha value is -2.80. The number of carbonyl (C=O) groups excluding carboxylic acids is 2. The monoisotopic (exact) mass is 390 g/mol. The predicted octanol–water partition coefficient (Wildman–Crippen LogP) is 3.95. The van der Waals surface area contributed by atoms with E-state index in [-0.39, 0.29) is 17.8 Å². The Morgan fingerprint density at radius 3 is 2.63 bits per heavy atom. The number of urea groups is 1. The molecule has 2 atom stereocenters. The summed E-state index contributed by atoms with van der Waals surface area (Å²) in [6, 6.07) is 9.07. The average molecular weight is 391 g/mol. The molecule has 0 aliphatic rings. The van der Waals surface area contributed by atoms with Gasteiger partial charge in [-0.25, -0.2) is 9.78 Å². The second-order valence-electron chi connectivity index (χ2n) is 6.05. The zero-order chi connectivity index (χ0) is 19.8. The zero-order valence-corrected chi connectivity index (χ0v) is 16.2. The molecule has 0 aliphatic heterocycles. The number of halogens is 1. The van der Waals surface area contributed by atoms with E-state index in [1.165, 1.54) is 6.20 Å². The van der Waals surface area contributed by atoms with E-state index >= 15 is 0 Å². The molecule has 3 N–H and O–H groups in total. The number of benzene rings is 1. The van der Waals surface area contributed by atoms with Gasteiger partial charge in [0.25, 0.3) is 0 Å². The van der Waals surface area contributed by atoms with Crippen molar-refractivity contribution in [1.29, 1.82) is 0 Å². The van der Waals surface area contributed by atoms with E-state index in [4.69, 9.17) is 16.3 Å². The molecule has 3 amide bonds. The third kappa shape index (κ3) is 6.45. The van der Waals surface area contributed by atoms with Crippen LogP contribution in [-0.2, 0) is 4.79 Å². The van der Waals surface area contributed by atoms with Gasteiger partial charge in [-0.1, -0.05) is 30.7 Å². The lowest BCUT2D eigenvalue weighted by molar-refractivity contribution is -0.123. The number of carbonyl (C=O) groups is 2. The number of ether oxygens (including phenoxy) is 1. The van der Waals surface area contributed by atoms with Gasteiger partial charge < -0.3 is 20.7 Å². The Kier molecular flexibility index (Phi) is 7.43. The van der Waals surface area contributed by atoms with Crippen LogP contribution in [0.5, 0.6) is 11.6 Å². The molecule has 144 valence electrons. The van der Waals surface area contributed by atoms with Gasteiger partial charge in [-0.2, -0.15) is 0 Å². The maximum Gasteiger partial charge on any atom is 0.319 e. The maximum atomic E-state index is 12.1. The van der Waals surface area contributed by atoms with Crippen LogP contribution in [-0.4, -0.2) is 29.0 Å². The summed E-state index contributed by atoms with van der Waals surface area (Å²) < 4.78 is 5.63. The molecule has 1 heterocycles. The van der Waals surface area contributed by atoms with Crippen molar-refractivity contribution in [3.63, 3.8) is 0 Å². The average Bonchev–Trinajstić information content (AvgIpc) is 2.63.